The molecule has 0 saturated carbocycles. The zero-order chi connectivity index (χ0) is 20.8. The van der Waals surface area contributed by atoms with Gasteiger partial charge in [-0.15, -0.1) is 11.3 Å². The van der Waals surface area contributed by atoms with Crippen molar-refractivity contribution < 1.29 is 9.59 Å². The Labute approximate surface area is 180 Å². The van der Waals surface area contributed by atoms with Gasteiger partial charge in [-0.3, -0.25) is 9.59 Å². The van der Waals surface area contributed by atoms with Crippen molar-refractivity contribution in [1.29, 1.82) is 0 Å². The summed E-state index contributed by atoms with van der Waals surface area (Å²) in [7, 11) is 0. The minimum atomic E-state index is -0.145. The third-order valence-corrected chi connectivity index (χ3v) is 6.12. The van der Waals surface area contributed by atoms with E-state index in [1.807, 2.05) is 83.1 Å². The van der Waals surface area contributed by atoms with E-state index < -0.39 is 0 Å². The summed E-state index contributed by atoms with van der Waals surface area (Å²) in [6.45, 7) is 1.17. The van der Waals surface area contributed by atoms with Crippen LogP contribution in [0, 0.1) is 5.92 Å². The Balaban J connectivity index is 1.41. The van der Waals surface area contributed by atoms with Crippen molar-refractivity contribution in [2.24, 2.45) is 11.0 Å². The Kier molecular flexibility index (Phi) is 6.35. The van der Waals surface area contributed by atoms with Gasteiger partial charge in [0.2, 0.25) is 5.91 Å². The van der Waals surface area contributed by atoms with E-state index in [1.165, 1.54) is 11.3 Å². The van der Waals surface area contributed by atoms with Gasteiger partial charge in [-0.2, -0.15) is 5.10 Å². The molecule has 0 radical (unpaired) electrons. The molecule has 1 saturated heterocycles. The fraction of sp³-hybridized carbons (Fsp3) is 0.208. The summed E-state index contributed by atoms with van der Waals surface area (Å²) in [5.74, 6) is -0.186. The summed E-state index contributed by atoms with van der Waals surface area (Å²) in [4.78, 5) is 27.8. The molecule has 5 nitrogen and oxygen atoms in total. The first-order valence-corrected chi connectivity index (χ1v) is 10.9. The van der Waals surface area contributed by atoms with Gasteiger partial charge in [-0.05, 0) is 24.3 Å². The number of thiophene rings is 1. The van der Waals surface area contributed by atoms with E-state index in [0.717, 1.165) is 21.7 Å². The predicted octanol–water partition coefficient (Wildman–Crippen LogP) is 4.17. The molecule has 2 amide bonds. The van der Waals surface area contributed by atoms with Crippen LogP contribution in [0.1, 0.15) is 33.6 Å². The summed E-state index contributed by atoms with van der Waals surface area (Å²) in [6.07, 6.45) is 1.29. The van der Waals surface area contributed by atoms with Gasteiger partial charge >= 0.3 is 0 Å². The number of nitrogens with one attached hydrogen (secondary N) is 1. The van der Waals surface area contributed by atoms with Crippen LogP contribution in [0.5, 0.6) is 0 Å². The van der Waals surface area contributed by atoms with Crippen molar-refractivity contribution in [1.82, 2.24) is 10.3 Å². The summed E-state index contributed by atoms with van der Waals surface area (Å²) >= 11 is 1.45. The molecule has 6 heteroatoms. The van der Waals surface area contributed by atoms with Crippen LogP contribution in [0.3, 0.4) is 0 Å². The lowest BCUT2D eigenvalue weighted by molar-refractivity contribution is -0.126. The lowest BCUT2D eigenvalue weighted by Crippen LogP contribution is -2.42. The molecule has 0 bridgehead atoms. The maximum Gasteiger partial charge on any atom is 0.263 e. The minimum absolute atomic E-state index is 0.0531. The van der Waals surface area contributed by atoms with Crippen LogP contribution in [0.15, 0.2) is 83.3 Å². The van der Waals surface area contributed by atoms with E-state index in [-0.39, 0.29) is 17.7 Å². The summed E-state index contributed by atoms with van der Waals surface area (Å²) in [5, 5.41) is 6.38. The normalized spacial score (nSPS) is 14.2. The maximum absolute atomic E-state index is 12.8. The monoisotopic (exact) mass is 417 g/mol. The molecule has 1 fully saturated rings. The molecule has 2 heterocycles. The van der Waals surface area contributed by atoms with Crippen molar-refractivity contribution in [3.8, 4) is 0 Å². The molecule has 0 unspecified atom stereocenters. The van der Waals surface area contributed by atoms with Crippen LogP contribution in [0.2, 0.25) is 0 Å². The smallest absolute Gasteiger partial charge is 0.263 e. The lowest BCUT2D eigenvalue weighted by atomic mass is 9.96. The van der Waals surface area contributed by atoms with Crippen LogP contribution < -0.4 is 5.43 Å². The van der Waals surface area contributed by atoms with Crippen LogP contribution in [0.4, 0.5) is 0 Å². The molecule has 3 aromatic rings. The van der Waals surface area contributed by atoms with Crippen molar-refractivity contribution in [2.45, 2.75) is 12.8 Å². The number of nitrogens with zero attached hydrogens (tertiary/aromatic N) is 2. The van der Waals surface area contributed by atoms with E-state index in [1.54, 1.807) is 0 Å². The molecule has 0 spiro atoms. The molecule has 1 aliphatic heterocycles. The van der Waals surface area contributed by atoms with E-state index in [2.05, 4.69) is 10.5 Å². The van der Waals surface area contributed by atoms with Gasteiger partial charge in [0.05, 0.1) is 10.6 Å². The second-order valence-electron chi connectivity index (χ2n) is 7.21. The zero-order valence-corrected chi connectivity index (χ0v) is 17.3. The zero-order valence-electron chi connectivity index (χ0n) is 16.5. The summed E-state index contributed by atoms with van der Waals surface area (Å²) < 4.78 is 0. The van der Waals surface area contributed by atoms with Gasteiger partial charge < -0.3 is 4.90 Å². The molecule has 152 valence electrons. The first kappa shape index (κ1) is 20.0. The van der Waals surface area contributed by atoms with Gasteiger partial charge in [0.25, 0.3) is 5.91 Å². The van der Waals surface area contributed by atoms with Crippen LogP contribution in [-0.2, 0) is 4.79 Å². The highest BCUT2D eigenvalue weighted by Crippen LogP contribution is 2.21. The molecule has 2 aromatic carbocycles. The lowest BCUT2D eigenvalue weighted by Gasteiger charge is -2.30. The minimum Gasteiger partial charge on any atom is -0.338 e. The summed E-state index contributed by atoms with van der Waals surface area (Å²) in [5.41, 5.74) is 5.39. The van der Waals surface area contributed by atoms with Gasteiger partial charge in [-0.1, -0.05) is 66.7 Å². The Bertz CT molecular complexity index is 968. The number of carbonyl (C=O) groups excluding carboxylic acids is 2. The van der Waals surface area contributed by atoms with E-state index in [9.17, 15) is 9.59 Å². The van der Waals surface area contributed by atoms with Gasteiger partial charge in [-0.25, -0.2) is 5.43 Å². The molecular formula is C24H23N3O2S. The third-order valence-electron chi connectivity index (χ3n) is 5.26. The van der Waals surface area contributed by atoms with Crippen molar-refractivity contribution in [2.75, 3.05) is 13.1 Å². The summed E-state index contributed by atoms with van der Waals surface area (Å²) in [6, 6.07) is 23.4. The highest BCUT2D eigenvalue weighted by atomic mass is 32.1. The second-order valence-corrected chi connectivity index (χ2v) is 8.16. The highest BCUT2D eigenvalue weighted by Gasteiger charge is 2.28. The molecule has 1 aromatic heterocycles. The Morgan fingerprint density at radius 3 is 2.00 bits per heavy atom. The fourth-order valence-corrected chi connectivity index (χ4v) is 4.28. The average molecular weight is 418 g/mol. The first-order valence-electron chi connectivity index (χ1n) is 10.0. The predicted molar refractivity (Wildman–Crippen MR) is 120 cm³/mol. The highest BCUT2D eigenvalue weighted by molar-refractivity contribution is 7.12. The SMILES string of the molecule is O=C(NN=C(c1ccccc1)c1ccccc1)C1CCN(C(=O)c2cccs2)CC1. The van der Waals surface area contributed by atoms with Crippen molar-refractivity contribution in [3.05, 3.63) is 94.2 Å². The average Bonchev–Trinajstić information content (AvgIpc) is 3.35. The molecule has 0 atom stereocenters. The second kappa shape index (κ2) is 9.50. The Morgan fingerprint density at radius 2 is 1.47 bits per heavy atom. The number of carbonyl (C=O) groups is 2. The number of rotatable bonds is 5. The molecule has 30 heavy (non-hydrogen) atoms. The Morgan fingerprint density at radius 1 is 0.867 bits per heavy atom. The third kappa shape index (κ3) is 4.66. The number of amides is 2. The molecule has 1 N–H and O–H groups in total. The number of benzene rings is 2. The van der Waals surface area contributed by atoms with E-state index in [0.29, 0.717) is 25.9 Å². The quantitative estimate of drug-likeness (QED) is 0.500. The number of hydrogen-bond acceptors (Lipinski definition) is 4. The fourth-order valence-electron chi connectivity index (χ4n) is 3.59. The van der Waals surface area contributed by atoms with Gasteiger partial charge in [0.1, 0.15) is 0 Å². The molecular weight excluding hydrogens is 394 g/mol. The number of hydrazone groups is 1. The molecule has 1 aliphatic rings. The number of piperidine rings is 1. The van der Waals surface area contributed by atoms with E-state index >= 15 is 0 Å². The standard InChI is InChI=1S/C24H23N3O2S/c28-23(20-13-15-27(16-14-20)24(29)21-12-7-17-30-21)26-25-22(18-8-3-1-4-9-18)19-10-5-2-6-11-19/h1-12,17,20H,13-16H2,(H,26,28). The van der Waals surface area contributed by atoms with Crippen molar-refractivity contribution in [3.63, 3.8) is 0 Å². The van der Waals surface area contributed by atoms with Crippen LogP contribution in [0.25, 0.3) is 0 Å². The number of likely N-dealkylation sites (tertiary alicyclic amines) is 1. The maximum atomic E-state index is 12.8. The molecule has 4 rings (SSSR count). The van der Waals surface area contributed by atoms with E-state index in [4.69, 9.17) is 0 Å². The van der Waals surface area contributed by atoms with Gasteiger partial charge in [0, 0.05) is 30.1 Å². The van der Waals surface area contributed by atoms with Crippen LogP contribution >= 0.6 is 11.3 Å². The van der Waals surface area contributed by atoms with Gasteiger partial charge in [0.15, 0.2) is 0 Å². The topological polar surface area (TPSA) is 61.8 Å². The molecule has 0 aliphatic carbocycles. The first-order chi connectivity index (χ1) is 14.7. The Hall–Kier alpha value is -3.25. The number of hydrogen-bond donors (Lipinski definition) is 1. The van der Waals surface area contributed by atoms with Crippen LogP contribution in [-0.4, -0.2) is 35.5 Å². The van der Waals surface area contributed by atoms with Crippen molar-refractivity contribution >= 4 is 28.9 Å². The largest absolute Gasteiger partial charge is 0.338 e.